The van der Waals surface area contributed by atoms with Crippen molar-refractivity contribution in [1.82, 2.24) is 0 Å². The Morgan fingerprint density at radius 3 is 3.08 bits per heavy atom. The van der Waals surface area contributed by atoms with Crippen molar-refractivity contribution in [2.24, 2.45) is 5.11 Å². The highest BCUT2D eigenvalue weighted by molar-refractivity contribution is 4.85. The summed E-state index contributed by atoms with van der Waals surface area (Å²) >= 11 is 0. The summed E-state index contributed by atoms with van der Waals surface area (Å²) in [6.45, 7) is 3.96. The fraction of sp³-hybridized carbons (Fsp3) is 1.00. The zero-order valence-corrected chi connectivity index (χ0v) is 7.85. The van der Waals surface area contributed by atoms with E-state index < -0.39 is 0 Å². The summed E-state index contributed by atoms with van der Waals surface area (Å²) < 4.78 is 10.5. The summed E-state index contributed by atoms with van der Waals surface area (Å²) in [7, 11) is 0. The predicted octanol–water partition coefficient (Wildman–Crippen LogP) is 1.88. The lowest BCUT2D eigenvalue weighted by Gasteiger charge is -2.33. The molecule has 0 N–H and O–H groups in total. The second-order valence-electron chi connectivity index (χ2n) is 3.07. The minimum Gasteiger partial charge on any atom is -0.379 e. The van der Waals surface area contributed by atoms with Crippen LogP contribution in [0.15, 0.2) is 5.11 Å². The molecule has 0 spiro atoms. The summed E-state index contributed by atoms with van der Waals surface area (Å²) in [5.41, 5.74) is 8.19. The third-order valence-electron chi connectivity index (χ3n) is 2.03. The van der Waals surface area contributed by atoms with Crippen LogP contribution in [0.1, 0.15) is 19.8 Å². The Bertz CT molecular complexity index is 192. The molecule has 0 amide bonds. The van der Waals surface area contributed by atoms with E-state index >= 15 is 0 Å². The first-order valence-electron chi connectivity index (χ1n) is 4.62. The van der Waals surface area contributed by atoms with E-state index in [2.05, 4.69) is 16.9 Å². The normalized spacial score (nSPS) is 26.2. The Labute approximate surface area is 77.6 Å². The fourth-order valence-electron chi connectivity index (χ4n) is 1.10. The van der Waals surface area contributed by atoms with Gasteiger partial charge in [-0.1, -0.05) is 18.5 Å². The second-order valence-corrected chi connectivity index (χ2v) is 3.07. The van der Waals surface area contributed by atoms with E-state index in [9.17, 15) is 0 Å². The number of ether oxygens (including phenoxy) is 2. The van der Waals surface area contributed by atoms with Crippen molar-refractivity contribution in [1.29, 1.82) is 0 Å². The monoisotopic (exact) mass is 185 g/mol. The van der Waals surface area contributed by atoms with Gasteiger partial charge < -0.3 is 9.47 Å². The standard InChI is InChI=1S/C8H15N3O2/c1-2-3-4-12-6-8-7(5-13-8)10-11-9/h7-8H,2-6H2,1H3/t7-,8+/m0/s1. The van der Waals surface area contributed by atoms with Crippen molar-refractivity contribution in [3.05, 3.63) is 10.4 Å². The largest absolute Gasteiger partial charge is 0.379 e. The van der Waals surface area contributed by atoms with Gasteiger partial charge in [0.25, 0.3) is 0 Å². The van der Waals surface area contributed by atoms with E-state index in [1.165, 1.54) is 0 Å². The number of nitrogens with zero attached hydrogens (tertiary/aromatic N) is 3. The third-order valence-corrected chi connectivity index (χ3v) is 2.03. The summed E-state index contributed by atoms with van der Waals surface area (Å²) in [6.07, 6.45) is 2.18. The molecule has 0 saturated carbocycles. The van der Waals surface area contributed by atoms with E-state index in [4.69, 9.17) is 15.0 Å². The second kappa shape index (κ2) is 5.80. The minimum atomic E-state index is -0.0216. The first-order chi connectivity index (χ1) is 6.38. The Morgan fingerprint density at radius 1 is 1.69 bits per heavy atom. The molecular weight excluding hydrogens is 170 g/mol. The highest BCUT2D eigenvalue weighted by Gasteiger charge is 2.31. The lowest BCUT2D eigenvalue weighted by Crippen LogP contribution is -2.46. The molecule has 13 heavy (non-hydrogen) atoms. The first kappa shape index (κ1) is 10.3. The number of hydrogen-bond acceptors (Lipinski definition) is 3. The van der Waals surface area contributed by atoms with Gasteiger partial charge in [0.1, 0.15) is 0 Å². The van der Waals surface area contributed by atoms with Gasteiger partial charge in [-0.15, -0.1) is 0 Å². The average molecular weight is 185 g/mol. The molecule has 0 aromatic carbocycles. The molecule has 74 valence electrons. The molecule has 0 unspecified atom stereocenters. The number of rotatable bonds is 6. The van der Waals surface area contributed by atoms with Crippen LogP contribution in [0.4, 0.5) is 0 Å². The Morgan fingerprint density at radius 2 is 2.54 bits per heavy atom. The smallest absolute Gasteiger partial charge is 0.0915 e. The van der Waals surface area contributed by atoms with Gasteiger partial charge in [-0.05, 0) is 12.0 Å². The first-order valence-corrected chi connectivity index (χ1v) is 4.62. The number of azide groups is 1. The van der Waals surface area contributed by atoms with Crippen molar-refractivity contribution in [3.8, 4) is 0 Å². The molecule has 5 heteroatoms. The molecule has 0 aliphatic carbocycles. The number of hydrogen-bond donors (Lipinski definition) is 0. The fourth-order valence-corrected chi connectivity index (χ4v) is 1.10. The van der Waals surface area contributed by atoms with Gasteiger partial charge in [-0.25, -0.2) is 0 Å². The van der Waals surface area contributed by atoms with Gasteiger partial charge in [0.05, 0.1) is 25.4 Å². The SMILES string of the molecule is CCCCOC[C@H]1OC[C@@H]1N=[N+]=[N-]. The highest BCUT2D eigenvalue weighted by Crippen LogP contribution is 2.16. The molecule has 1 saturated heterocycles. The Kier molecular flexibility index (Phi) is 4.60. The lowest BCUT2D eigenvalue weighted by molar-refractivity contribution is -0.111. The maximum atomic E-state index is 8.19. The van der Waals surface area contributed by atoms with Crippen LogP contribution in [0, 0.1) is 0 Å². The van der Waals surface area contributed by atoms with E-state index in [1.807, 2.05) is 0 Å². The van der Waals surface area contributed by atoms with E-state index in [-0.39, 0.29) is 12.1 Å². The highest BCUT2D eigenvalue weighted by atomic mass is 16.5. The molecule has 5 nitrogen and oxygen atoms in total. The van der Waals surface area contributed by atoms with Gasteiger partial charge in [-0.3, -0.25) is 0 Å². The molecule has 1 rings (SSSR count). The van der Waals surface area contributed by atoms with Crippen LogP contribution in [0.3, 0.4) is 0 Å². The van der Waals surface area contributed by atoms with Crippen molar-refractivity contribution in [2.45, 2.75) is 31.9 Å². The number of unbranched alkanes of at least 4 members (excludes halogenated alkanes) is 1. The third kappa shape index (κ3) is 3.22. The molecule has 0 aromatic rings. The van der Waals surface area contributed by atoms with Crippen LogP contribution in [0.25, 0.3) is 10.4 Å². The molecule has 1 fully saturated rings. The predicted molar refractivity (Wildman–Crippen MR) is 48.4 cm³/mol. The van der Waals surface area contributed by atoms with Crippen LogP contribution in [-0.4, -0.2) is 32.0 Å². The minimum absolute atomic E-state index is 0.0206. The summed E-state index contributed by atoms with van der Waals surface area (Å²) in [5, 5.41) is 3.59. The van der Waals surface area contributed by atoms with Gasteiger partial charge in [0.15, 0.2) is 0 Å². The van der Waals surface area contributed by atoms with Gasteiger partial charge >= 0.3 is 0 Å². The average Bonchev–Trinajstić information content (AvgIpc) is 2.12. The molecule has 1 aliphatic heterocycles. The van der Waals surface area contributed by atoms with E-state index in [0.717, 1.165) is 19.4 Å². The van der Waals surface area contributed by atoms with Gasteiger partial charge in [-0.2, -0.15) is 0 Å². The molecule has 1 heterocycles. The molecule has 0 aromatic heterocycles. The maximum Gasteiger partial charge on any atom is 0.0915 e. The molecule has 0 radical (unpaired) electrons. The topological polar surface area (TPSA) is 67.2 Å². The lowest BCUT2D eigenvalue weighted by atomic mass is 10.1. The van der Waals surface area contributed by atoms with Crippen molar-refractivity contribution >= 4 is 0 Å². The molecular formula is C8H15N3O2. The summed E-state index contributed by atoms with van der Waals surface area (Å²) in [6, 6.07) is -0.0216. The molecule has 2 atom stereocenters. The van der Waals surface area contributed by atoms with Gasteiger partial charge in [0.2, 0.25) is 0 Å². The maximum absolute atomic E-state index is 8.19. The van der Waals surface area contributed by atoms with E-state index in [1.54, 1.807) is 0 Å². The van der Waals surface area contributed by atoms with Crippen molar-refractivity contribution in [2.75, 3.05) is 19.8 Å². The van der Waals surface area contributed by atoms with Crippen LogP contribution >= 0.6 is 0 Å². The quantitative estimate of drug-likeness (QED) is 0.274. The van der Waals surface area contributed by atoms with Crippen LogP contribution < -0.4 is 0 Å². The Balaban J connectivity index is 2.05. The van der Waals surface area contributed by atoms with E-state index in [0.29, 0.717) is 13.2 Å². The van der Waals surface area contributed by atoms with Crippen molar-refractivity contribution in [3.63, 3.8) is 0 Å². The summed E-state index contributed by atoms with van der Waals surface area (Å²) in [4.78, 5) is 2.74. The van der Waals surface area contributed by atoms with Crippen molar-refractivity contribution < 1.29 is 9.47 Å². The van der Waals surface area contributed by atoms with Gasteiger partial charge in [0, 0.05) is 11.5 Å². The van der Waals surface area contributed by atoms with Crippen LogP contribution in [0.5, 0.6) is 0 Å². The molecule has 0 bridgehead atoms. The van der Waals surface area contributed by atoms with Crippen LogP contribution in [-0.2, 0) is 9.47 Å². The Hall–Kier alpha value is -0.770. The van der Waals surface area contributed by atoms with Crippen LogP contribution in [0.2, 0.25) is 0 Å². The zero-order chi connectivity index (χ0) is 9.52. The molecule has 1 aliphatic rings. The zero-order valence-electron chi connectivity index (χ0n) is 7.85. The summed E-state index contributed by atoms with van der Waals surface area (Å²) in [5.74, 6) is 0.